The zero-order valence-electron chi connectivity index (χ0n) is 11.2. The zero-order valence-corrected chi connectivity index (χ0v) is 12.7. The molecule has 0 spiro atoms. The van der Waals surface area contributed by atoms with Gasteiger partial charge in [-0.25, -0.2) is 4.98 Å². The highest BCUT2D eigenvalue weighted by Crippen LogP contribution is 2.29. The van der Waals surface area contributed by atoms with E-state index in [1.54, 1.807) is 17.0 Å². The van der Waals surface area contributed by atoms with Crippen LogP contribution in [-0.4, -0.2) is 28.9 Å². The van der Waals surface area contributed by atoms with Crippen molar-refractivity contribution in [2.45, 2.75) is 38.6 Å². The molecule has 0 aromatic carbocycles. The largest absolute Gasteiger partial charge is 0.337 e. The molecule has 104 valence electrons. The number of rotatable bonds is 2. The van der Waals surface area contributed by atoms with Crippen molar-refractivity contribution in [2.75, 3.05) is 7.05 Å². The van der Waals surface area contributed by atoms with E-state index < -0.39 is 0 Å². The van der Waals surface area contributed by atoms with Gasteiger partial charge in [-0.15, -0.1) is 0 Å². The average molecular weight is 301 g/mol. The smallest absolute Gasteiger partial charge is 0.274 e. The minimum atomic E-state index is -0.147. The number of hydrogen-bond donors (Lipinski definition) is 0. The Kier molecular flexibility index (Phi) is 4.69. The average Bonchev–Trinajstić information content (AvgIpc) is 2.40. The van der Waals surface area contributed by atoms with Crippen LogP contribution in [-0.2, 0) is 0 Å². The minimum absolute atomic E-state index is 0.147. The number of halogens is 2. The Hall–Kier alpha value is -0.800. The van der Waals surface area contributed by atoms with E-state index in [4.69, 9.17) is 23.2 Å². The molecule has 1 aliphatic carbocycles. The molecule has 1 fully saturated rings. The van der Waals surface area contributed by atoms with E-state index in [0.717, 1.165) is 6.42 Å². The van der Waals surface area contributed by atoms with E-state index in [1.165, 1.54) is 19.3 Å². The van der Waals surface area contributed by atoms with Gasteiger partial charge in [-0.3, -0.25) is 4.79 Å². The minimum Gasteiger partial charge on any atom is -0.337 e. The number of carbonyl (C=O) groups excluding carboxylic acids is 1. The predicted octanol–water partition coefficient (Wildman–Crippen LogP) is 4.04. The van der Waals surface area contributed by atoms with E-state index in [-0.39, 0.29) is 22.8 Å². The van der Waals surface area contributed by atoms with Gasteiger partial charge in [0.25, 0.3) is 5.91 Å². The topological polar surface area (TPSA) is 33.2 Å². The summed E-state index contributed by atoms with van der Waals surface area (Å²) in [5.41, 5.74) is 0.245. The highest BCUT2D eigenvalue weighted by Gasteiger charge is 2.29. The van der Waals surface area contributed by atoms with Crippen LogP contribution in [0.25, 0.3) is 0 Å². The van der Waals surface area contributed by atoms with E-state index in [2.05, 4.69) is 11.9 Å². The first-order valence-corrected chi connectivity index (χ1v) is 7.35. The summed E-state index contributed by atoms with van der Waals surface area (Å²) in [6, 6.07) is 3.46. The molecule has 19 heavy (non-hydrogen) atoms. The van der Waals surface area contributed by atoms with Gasteiger partial charge in [0.1, 0.15) is 10.8 Å². The molecule has 0 aliphatic heterocycles. The van der Waals surface area contributed by atoms with Crippen LogP contribution >= 0.6 is 23.2 Å². The van der Waals surface area contributed by atoms with Crippen molar-refractivity contribution in [3.05, 3.63) is 28.0 Å². The molecule has 2 unspecified atom stereocenters. The third kappa shape index (κ3) is 3.21. The fourth-order valence-corrected chi connectivity index (χ4v) is 3.09. The fourth-order valence-electron chi connectivity index (χ4n) is 2.76. The summed E-state index contributed by atoms with van der Waals surface area (Å²) in [4.78, 5) is 18.3. The van der Waals surface area contributed by atoms with Crippen LogP contribution in [0.4, 0.5) is 0 Å². The molecule has 2 atom stereocenters. The van der Waals surface area contributed by atoms with Crippen molar-refractivity contribution in [1.29, 1.82) is 0 Å². The van der Waals surface area contributed by atoms with Crippen LogP contribution in [0, 0.1) is 5.92 Å². The van der Waals surface area contributed by atoms with Gasteiger partial charge in [0, 0.05) is 13.1 Å². The first-order chi connectivity index (χ1) is 9.00. The van der Waals surface area contributed by atoms with Gasteiger partial charge in [-0.1, -0.05) is 43.0 Å². The predicted molar refractivity (Wildman–Crippen MR) is 77.8 cm³/mol. The molecule has 1 aromatic heterocycles. The van der Waals surface area contributed by atoms with Gasteiger partial charge in [0.05, 0.1) is 5.02 Å². The molecule has 1 amide bonds. The second-order valence-electron chi connectivity index (χ2n) is 5.21. The van der Waals surface area contributed by atoms with Crippen molar-refractivity contribution in [2.24, 2.45) is 5.92 Å². The van der Waals surface area contributed by atoms with Crippen molar-refractivity contribution in [3.8, 4) is 0 Å². The first-order valence-electron chi connectivity index (χ1n) is 6.60. The lowest BCUT2D eigenvalue weighted by Crippen LogP contribution is -2.43. The van der Waals surface area contributed by atoms with Crippen LogP contribution < -0.4 is 0 Å². The van der Waals surface area contributed by atoms with Crippen LogP contribution in [0.2, 0.25) is 10.2 Å². The van der Waals surface area contributed by atoms with Crippen molar-refractivity contribution in [1.82, 2.24) is 9.88 Å². The maximum absolute atomic E-state index is 12.5. The summed E-state index contributed by atoms with van der Waals surface area (Å²) in [6.07, 6.45) is 4.62. The first kappa shape index (κ1) is 14.6. The van der Waals surface area contributed by atoms with Crippen molar-refractivity contribution in [3.63, 3.8) is 0 Å². The molecule has 3 nitrogen and oxygen atoms in total. The van der Waals surface area contributed by atoms with Gasteiger partial charge in [0.2, 0.25) is 0 Å². The SMILES string of the molecule is CC1CCCCC1N(C)C(=O)c1nc(Cl)ccc1Cl. The number of nitrogens with zero attached hydrogens (tertiary/aromatic N) is 2. The Morgan fingerprint density at radius 2 is 2.00 bits per heavy atom. The molecule has 0 saturated heterocycles. The van der Waals surface area contributed by atoms with Gasteiger partial charge >= 0.3 is 0 Å². The van der Waals surface area contributed by atoms with E-state index >= 15 is 0 Å². The zero-order chi connectivity index (χ0) is 14.0. The molecular weight excluding hydrogens is 283 g/mol. The highest BCUT2D eigenvalue weighted by atomic mass is 35.5. The maximum atomic E-state index is 12.5. The summed E-state index contributed by atoms with van der Waals surface area (Å²) in [7, 11) is 1.83. The lowest BCUT2D eigenvalue weighted by molar-refractivity contribution is 0.0623. The molecule has 2 rings (SSSR count). The maximum Gasteiger partial charge on any atom is 0.274 e. The third-order valence-corrected chi connectivity index (χ3v) is 4.41. The molecule has 1 heterocycles. The summed E-state index contributed by atoms with van der Waals surface area (Å²) in [6.45, 7) is 2.20. The molecular formula is C14H18Cl2N2O. The summed E-state index contributed by atoms with van der Waals surface area (Å²) < 4.78 is 0. The molecule has 0 bridgehead atoms. The third-order valence-electron chi connectivity index (χ3n) is 3.90. The number of hydrogen-bond acceptors (Lipinski definition) is 2. The second-order valence-corrected chi connectivity index (χ2v) is 6.00. The van der Waals surface area contributed by atoms with Gasteiger partial charge < -0.3 is 4.90 Å². The van der Waals surface area contributed by atoms with Gasteiger partial charge in [-0.2, -0.15) is 0 Å². The van der Waals surface area contributed by atoms with Crippen LogP contribution in [0.5, 0.6) is 0 Å². The standard InChI is InChI=1S/C14H18Cl2N2O/c1-9-5-3-4-6-11(9)18(2)14(19)13-10(15)7-8-12(16)17-13/h7-9,11H,3-6H2,1-2H3. The Balaban J connectivity index is 2.20. The van der Waals surface area contributed by atoms with Crippen molar-refractivity contribution < 1.29 is 4.79 Å². The van der Waals surface area contributed by atoms with E-state index in [0.29, 0.717) is 10.9 Å². The second kappa shape index (κ2) is 6.10. The molecule has 1 aliphatic rings. The fraction of sp³-hybridized carbons (Fsp3) is 0.571. The van der Waals surface area contributed by atoms with Gasteiger partial charge in [0.15, 0.2) is 0 Å². The normalized spacial score (nSPS) is 23.2. The lowest BCUT2D eigenvalue weighted by Gasteiger charge is -2.36. The van der Waals surface area contributed by atoms with Gasteiger partial charge in [-0.05, 0) is 30.9 Å². The monoisotopic (exact) mass is 300 g/mol. The number of pyridine rings is 1. The molecule has 1 saturated carbocycles. The Labute approximate surface area is 123 Å². The summed E-state index contributed by atoms with van der Waals surface area (Å²) in [5.74, 6) is 0.368. The number of carbonyl (C=O) groups is 1. The van der Waals surface area contributed by atoms with E-state index in [9.17, 15) is 4.79 Å². The Bertz CT molecular complexity index is 479. The Morgan fingerprint density at radius 3 is 2.68 bits per heavy atom. The molecule has 1 aromatic rings. The molecule has 5 heteroatoms. The van der Waals surface area contributed by atoms with Crippen LogP contribution in [0.3, 0.4) is 0 Å². The quantitative estimate of drug-likeness (QED) is 0.772. The lowest BCUT2D eigenvalue weighted by atomic mass is 9.85. The Morgan fingerprint density at radius 1 is 1.32 bits per heavy atom. The van der Waals surface area contributed by atoms with Crippen molar-refractivity contribution >= 4 is 29.1 Å². The van der Waals surface area contributed by atoms with E-state index in [1.807, 2.05) is 7.05 Å². The number of aromatic nitrogens is 1. The summed E-state index contributed by atoms with van der Waals surface area (Å²) in [5, 5.41) is 0.641. The van der Waals surface area contributed by atoms with Crippen LogP contribution in [0.15, 0.2) is 12.1 Å². The molecule has 0 N–H and O–H groups in total. The van der Waals surface area contributed by atoms with Crippen LogP contribution in [0.1, 0.15) is 43.1 Å². The number of amides is 1. The summed E-state index contributed by atoms with van der Waals surface area (Å²) >= 11 is 11.9. The molecule has 0 radical (unpaired) electrons. The highest BCUT2D eigenvalue weighted by molar-refractivity contribution is 6.34.